The van der Waals surface area contributed by atoms with E-state index in [4.69, 9.17) is 10.8 Å². The summed E-state index contributed by atoms with van der Waals surface area (Å²) in [6.07, 6.45) is 0. The Morgan fingerprint density at radius 1 is 1.64 bits per heavy atom. The Morgan fingerprint density at radius 3 is 2.55 bits per heavy atom. The van der Waals surface area contributed by atoms with Gasteiger partial charge in [-0.3, -0.25) is 14.9 Å². The molecule has 1 fully saturated rings. The van der Waals surface area contributed by atoms with Gasteiger partial charge in [-0.25, -0.2) is 0 Å². The lowest BCUT2D eigenvalue weighted by atomic mass is 10.3. The zero-order valence-electron chi connectivity index (χ0n) is 5.61. The monoisotopic (exact) mass is 176 g/mol. The SMILES string of the molecule is NC(=O)C1N[C@H](C(=O)O)CS1. The number of primary amides is 1. The molecule has 1 aliphatic heterocycles. The first-order chi connectivity index (χ1) is 5.11. The molecule has 1 aliphatic rings. The van der Waals surface area contributed by atoms with Crippen molar-refractivity contribution in [1.82, 2.24) is 5.32 Å². The van der Waals surface area contributed by atoms with Crippen LogP contribution in [0, 0.1) is 0 Å². The maximum absolute atomic E-state index is 10.5. The predicted octanol–water partition coefficient (Wildman–Crippen LogP) is -1.41. The molecule has 1 unspecified atom stereocenters. The van der Waals surface area contributed by atoms with Gasteiger partial charge in [0.1, 0.15) is 11.4 Å². The van der Waals surface area contributed by atoms with Crippen molar-refractivity contribution in [3.8, 4) is 0 Å². The lowest BCUT2D eigenvalue weighted by Gasteiger charge is -2.04. The van der Waals surface area contributed by atoms with E-state index in [-0.39, 0.29) is 0 Å². The first-order valence-electron chi connectivity index (χ1n) is 3.01. The average Bonchev–Trinajstić information content (AvgIpc) is 2.33. The van der Waals surface area contributed by atoms with E-state index in [1.165, 1.54) is 11.8 Å². The van der Waals surface area contributed by atoms with Crippen LogP contribution in [0.25, 0.3) is 0 Å². The highest BCUT2D eigenvalue weighted by Crippen LogP contribution is 2.17. The number of nitrogens with one attached hydrogen (secondary N) is 1. The van der Waals surface area contributed by atoms with Gasteiger partial charge in [0.25, 0.3) is 0 Å². The Kier molecular flexibility index (Phi) is 2.35. The number of nitrogens with two attached hydrogens (primary N) is 1. The number of carboxylic acids is 1. The molecule has 0 aromatic heterocycles. The molecule has 6 heteroatoms. The van der Waals surface area contributed by atoms with Crippen molar-refractivity contribution in [3.05, 3.63) is 0 Å². The van der Waals surface area contributed by atoms with E-state index in [2.05, 4.69) is 5.32 Å². The van der Waals surface area contributed by atoms with Gasteiger partial charge in [0.2, 0.25) is 5.91 Å². The lowest BCUT2D eigenvalue weighted by molar-refractivity contribution is -0.138. The molecule has 2 atom stereocenters. The minimum atomic E-state index is -0.943. The predicted molar refractivity (Wildman–Crippen MR) is 40.0 cm³/mol. The number of thioether (sulfide) groups is 1. The molecular formula is C5H8N2O3S. The van der Waals surface area contributed by atoms with Gasteiger partial charge in [0.05, 0.1) is 0 Å². The number of amides is 1. The van der Waals surface area contributed by atoms with Gasteiger partial charge in [0.15, 0.2) is 0 Å². The molecule has 0 radical (unpaired) electrons. The van der Waals surface area contributed by atoms with E-state index in [9.17, 15) is 9.59 Å². The van der Waals surface area contributed by atoms with Gasteiger partial charge in [-0.1, -0.05) is 0 Å². The fourth-order valence-corrected chi connectivity index (χ4v) is 1.83. The standard InChI is InChI=1S/C5H8N2O3S/c6-3(8)4-7-2(1-11-4)5(9)10/h2,4,7H,1H2,(H2,6,8)(H,9,10)/t2-,4?/m0/s1. The number of rotatable bonds is 2. The molecule has 4 N–H and O–H groups in total. The van der Waals surface area contributed by atoms with Crippen molar-refractivity contribution in [2.75, 3.05) is 5.75 Å². The Morgan fingerprint density at radius 2 is 2.27 bits per heavy atom. The van der Waals surface area contributed by atoms with Crippen LogP contribution < -0.4 is 11.1 Å². The summed E-state index contributed by atoms with van der Waals surface area (Å²) >= 11 is 1.22. The molecular weight excluding hydrogens is 168 g/mol. The Balaban J connectivity index is 2.47. The maximum atomic E-state index is 10.5. The van der Waals surface area contributed by atoms with E-state index in [1.807, 2.05) is 0 Å². The number of hydrogen-bond donors (Lipinski definition) is 3. The summed E-state index contributed by atoms with van der Waals surface area (Å²) in [4.78, 5) is 20.9. The highest BCUT2D eigenvalue weighted by atomic mass is 32.2. The van der Waals surface area contributed by atoms with E-state index in [0.717, 1.165) is 0 Å². The van der Waals surface area contributed by atoms with Crippen LogP contribution in [0.4, 0.5) is 0 Å². The number of carbonyl (C=O) groups is 2. The van der Waals surface area contributed by atoms with E-state index < -0.39 is 23.3 Å². The molecule has 5 nitrogen and oxygen atoms in total. The molecule has 1 heterocycles. The summed E-state index contributed by atoms with van der Waals surface area (Å²) in [7, 11) is 0. The van der Waals surface area contributed by atoms with Crippen molar-refractivity contribution in [3.63, 3.8) is 0 Å². The third kappa shape index (κ3) is 1.84. The largest absolute Gasteiger partial charge is 0.480 e. The Bertz CT molecular complexity index is 176. The minimum absolute atomic E-state index is 0.392. The van der Waals surface area contributed by atoms with Crippen molar-refractivity contribution >= 4 is 23.6 Å². The molecule has 0 aliphatic carbocycles. The third-order valence-corrected chi connectivity index (χ3v) is 2.57. The summed E-state index contributed by atoms with van der Waals surface area (Å²) in [5, 5.41) is 10.5. The van der Waals surface area contributed by atoms with E-state index in [0.29, 0.717) is 5.75 Å². The smallest absolute Gasteiger partial charge is 0.321 e. The van der Waals surface area contributed by atoms with Gasteiger partial charge >= 0.3 is 5.97 Å². The number of carbonyl (C=O) groups excluding carboxylic acids is 1. The molecule has 0 aromatic carbocycles. The Hall–Kier alpha value is -0.750. The fraction of sp³-hybridized carbons (Fsp3) is 0.600. The van der Waals surface area contributed by atoms with Crippen molar-refractivity contribution in [1.29, 1.82) is 0 Å². The number of carboxylic acid groups (broad SMARTS) is 1. The van der Waals surface area contributed by atoms with Crippen molar-refractivity contribution < 1.29 is 14.7 Å². The average molecular weight is 176 g/mol. The lowest BCUT2D eigenvalue weighted by Crippen LogP contribution is -2.42. The highest BCUT2D eigenvalue weighted by molar-refractivity contribution is 8.00. The van der Waals surface area contributed by atoms with Crippen molar-refractivity contribution in [2.45, 2.75) is 11.4 Å². The highest BCUT2D eigenvalue weighted by Gasteiger charge is 2.32. The second kappa shape index (κ2) is 3.10. The number of aliphatic carboxylic acids is 1. The molecule has 1 amide bonds. The molecule has 1 saturated heterocycles. The van der Waals surface area contributed by atoms with Gasteiger partial charge in [-0.05, 0) is 0 Å². The van der Waals surface area contributed by atoms with Gasteiger partial charge in [-0.15, -0.1) is 11.8 Å². The van der Waals surface area contributed by atoms with Crippen LogP contribution in [0.1, 0.15) is 0 Å². The van der Waals surface area contributed by atoms with Gasteiger partial charge in [-0.2, -0.15) is 0 Å². The van der Waals surface area contributed by atoms with Crippen molar-refractivity contribution in [2.24, 2.45) is 5.73 Å². The molecule has 62 valence electrons. The van der Waals surface area contributed by atoms with Crippen LogP contribution in [0.15, 0.2) is 0 Å². The summed E-state index contributed by atoms with van der Waals surface area (Å²) in [6.45, 7) is 0. The summed E-state index contributed by atoms with van der Waals surface area (Å²) in [6, 6.07) is -0.641. The fourth-order valence-electron chi connectivity index (χ4n) is 0.778. The minimum Gasteiger partial charge on any atom is -0.480 e. The first kappa shape index (κ1) is 8.35. The normalized spacial score (nSPS) is 30.2. The van der Waals surface area contributed by atoms with Gasteiger partial charge in [0, 0.05) is 5.75 Å². The van der Waals surface area contributed by atoms with Crippen LogP contribution >= 0.6 is 11.8 Å². The summed E-state index contributed by atoms with van der Waals surface area (Å²) in [5.74, 6) is -1.07. The van der Waals surface area contributed by atoms with Crippen LogP contribution in [0.2, 0.25) is 0 Å². The zero-order valence-corrected chi connectivity index (χ0v) is 6.43. The second-order valence-electron chi connectivity index (χ2n) is 2.17. The molecule has 0 spiro atoms. The summed E-state index contributed by atoms with van der Waals surface area (Å²) < 4.78 is 0. The first-order valence-corrected chi connectivity index (χ1v) is 4.06. The molecule has 0 aromatic rings. The molecule has 0 bridgehead atoms. The van der Waals surface area contributed by atoms with Crippen LogP contribution in [0.3, 0.4) is 0 Å². The number of hydrogen-bond acceptors (Lipinski definition) is 4. The van der Waals surface area contributed by atoms with Crippen LogP contribution in [-0.2, 0) is 9.59 Å². The quantitative estimate of drug-likeness (QED) is 0.480. The Labute approximate surface area is 67.3 Å². The van der Waals surface area contributed by atoms with Crippen LogP contribution in [-0.4, -0.2) is 34.2 Å². The molecule has 1 rings (SSSR count). The molecule has 11 heavy (non-hydrogen) atoms. The van der Waals surface area contributed by atoms with Gasteiger partial charge < -0.3 is 10.8 Å². The summed E-state index contributed by atoms with van der Waals surface area (Å²) in [5.41, 5.74) is 4.94. The molecule has 0 saturated carbocycles. The topological polar surface area (TPSA) is 92.4 Å². The van der Waals surface area contributed by atoms with E-state index in [1.54, 1.807) is 0 Å². The third-order valence-electron chi connectivity index (χ3n) is 1.34. The second-order valence-corrected chi connectivity index (χ2v) is 3.31. The maximum Gasteiger partial charge on any atom is 0.321 e. The van der Waals surface area contributed by atoms with E-state index >= 15 is 0 Å². The van der Waals surface area contributed by atoms with Crippen LogP contribution in [0.5, 0.6) is 0 Å². The zero-order chi connectivity index (χ0) is 8.43.